The highest BCUT2D eigenvalue weighted by molar-refractivity contribution is 7.89. The lowest BCUT2D eigenvalue weighted by atomic mass is 9.95. The fraction of sp³-hybridized carbons (Fsp3) is 0.269. The Morgan fingerprint density at radius 2 is 1.69 bits per heavy atom. The van der Waals surface area contributed by atoms with E-state index < -0.39 is 21.7 Å². The number of hydrogen-bond donors (Lipinski definition) is 1. The van der Waals surface area contributed by atoms with Crippen LogP contribution in [-0.4, -0.2) is 31.2 Å². The van der Waals surface area contributed by atoms with E-state index in [2.05, 4.69) is 5.32 Å². The van der Waals surface area contributed by atoms with Crippen molar-refractivity contribution in [3.05, 3.63) is 83.6 Å². The van der Waals surface area contributed by atoms with Gasteiger partial charge in [-0.3, -0.25) is 4.79 Å². The fourth-order valence-electron chi connectivity index (χ4n) is 4.16. The molecule has 1 saturated carbocycles. The Balaban J connectivity index is 1.58. The first-order chi connectivity index (χ1) is 16.8. The van der Waals surface area contributed by atoms with Crippen LogP contribution in [0.3, 0.4) is 0 Å². The molecule has 0 radical (unpaired) electrons. The summed E-state index contributed by atoms with van der Waals surface area (Å²) in [6.07, 6.45) is 4.10. The number of benzene rings is 3. The lowest BCUT2D eigenvalue weighted by molar-refractivity contribution is -0.116. The van der Waals surface area contributed by atoms with Crippen LogP contribution in [0.4, 0.5) is 10.1 Å². The summed E-state index contributed by atoms with van der Waals surface area (Å²) in [6, 6.07) is 18.2. The van der Waals surface area contributed by atoms with Gasteiger partial charge < -0.3 is 10.1 Å². The Morgan fingerprint density at radius 3 is 2.37 bits per heavy atom. The Bertz CT molecular complexity index is 1260. The van der Waals surface area contributed by atoms with Crippen LogP contribution in [0.25, 0.3) is 0 Å². The van der Waals surface area contributed by atoms with Crippen molar-refractivity contribution in [3.63, 3.8) is 0 Å². The molecule has 4 rings (SSSR count). The first kappa shape index (κ1) is 25.2. The van der Waals surface area contributed by atoms with E-state index in [0.717, 1.165) is 31.4 Å². The summed E-state index contributed by atoms with van der Waals surface area (Å²) in [5.74, 6) is -0.105. The number of ether oxygens (including phenoxy) is 1. The molecule has 35 heavy (non-hydrogen) atoms. The van der Waals surface area contributed by atoms with Gasteiger partial charge in [0.05, 0.1) is 17.1 Å². The van der Waals surface area contributed by atoms with Gasteiger partial charge in [0.15, 0.2) is 5.75 Å². The lowest BCUT2D eigenvalue weighted by Gasteiger charge is -2.33. The Labute approximate surface area is 209 Å². The van der Waals surface area contributed by atoms with Crippen LogP contribution in [0.2, 0.25) is 5.02 Å². The predicted octanol–water partition coefficient (Wildman–Crippen LogP) is 6.23. The van der Waals surface area contributed by atoms with Crippen LogP contribution in [0, 0.1) is 5.82 Å². The third-order valence-corrected chi connectivity index (χ3v) is 8.04. The second-order valence-corrected chi connectivity index (χ2v) is 10.7. The number of carbonyl (C=O) groups is 1. The van der Waals surface area contributed by atoms with Gasteiger partial charge in [-0.2, -0.15) is 4.31 Å². The van der Waals surface area contributed by atoms with E-state index in [9.17, 15) is 17.6 Å². The average molecular weight is 517 g/mol. The first-order valence-electron chi connectivity index (χ1n) is 11.4. The van der Waals surface area contributed by atoms with Gasteiger partial charge in [-0.15, -0.1) is 0 Å². The molecule has 9 heteroatoms. The third kappa shape index (κ3) is 6.39. The summed E-state index contributed by atoms with van der Waals surface area (Å²) in [5.41, 5.74) is 0.328. The highest BCUT2D eigenvalue weighted by atomic mass is 35.5. The molecular weight excluding hydrogens is 491 g/mol. The number of nitrogens with zero attached hydrogens (tertiary/aromatic N) is 1. The molecule has 3 aromatic carbocycles. The van der Waals surface area contributed by atoms with Crippen LogP contribution >= 0.6 is 11.6 Å². The SMILES string of the molecule is O=C(CN(C1CCCCC1)S(=O)(=O)c1ccc(F)cc1)Nc1cc(Cl)ccc1Oc1ccccc1. The number of para-hydroxylation sites is 1. The van der Waals surface area contributed by atoms with Gasteiger partial charge in [-0.1, -0.05) is 49.1 Å². The van der Waals surface area contributed by atoms with Crippen molar-refractivity contribution in [2.75, 3.05) is 11.9 Å². The molecule has 0 aromatic heterocycles. The monoisotopic (exact) mass is 516 g/mol. The van der Waals surface area contributed by atoms with Gasteiger partial charge in [-0.25, -0.2) is 12.8 Å². The summed E-state index contributed by atoms with van der Waals surface area (Å²) in [4.78, 5) is 13.1. The van der Waals surface area contributed by atoms with Gasteiger partial charge in [0.25, 0.3) is 0 Å². The normalized spacial score (nSPS) is 14.6. The minimum absolute atomic E-state index is 0.0480. The number of amides is 1. The average Bonchev–Trinajstić information content (AvgIpc) is 2.85. The molecule has 1 aliphatic carbocycles. The summed E-state index contributed by atoms with van der Waals surface area (Å²) >= 11 is 6.15. The second kappa shape index (κ2) is 11.2. The molecule has 184 valence electrons. The zero-order valence-corrected chi connectivity index (χ0v) is 20.6. The first-order valence-corrected chi connectivity index (χ1v) is 13.2. The van der Waals surface area contributed by atoms with E-state index >= 15 is 0 Å². The maximum atomic E-state index is 13.5. The number of nitrogens with one attached hydrogen (secondary N) is 1. The largest absolute Gasteiger partial charge is 0.455 e. The molecule has 1 fully saturated rings. The number of carbonyl (C=O) groups excluding carboxylic acids is 1. The summed E-state index contributed by atoms with van der Waals surface area (Å²) in [6.45, 7) is -0.387. The van der Waals surface area contributed by atoms with Crippen molar-refractivity contribution in [2.24, 2.45) is 0 Å². The van der Waals surface area contributed by atoms with Gasteiger partial charge in [0.1, 0.15) is 11.6 Å². The standard InChI is InChI=1S/C26H26ClFN2O4S/c27-19-11-16-25(34-22-9-5-2-6-10-22)24(17-19)29-26(31)18-30(21-7-3-1-4-8-21)35(32,33)23-14-12-20(28)13-15-23/h2,5-6,9-17,21H,1,3-4,7-8,18H2,(H,29,31). The smallest absolute Gasteiger partial charge is 0.243 e. The quantitative estimate of drug-likeness (QED) is 0.385. The second-order valence-electron chi connectivity index (χ2n) is 8.40. The van der Waals surface area contributed by atoms with E-state index in [-0.39, 0.29) is 17.5 Å². The minimum Gasteiger partial charge on any atom is -0.455 e. The lowest BCUT2D eigenvalue weighted by Crippen LogP contribution is -2.45. The molecule has 0 heterocycles. The van der Waals surface area contributed by atoms with E-state index in [0.29, 0.717) is 35.1 Å². The Hall–Kier alpha value is -2.94. The topological polar surface area (TPSA) is 75.7 Å². The van der Waals surface area contributed by atoms with Crippen molar-refractivity contribution in [2.45, 2.75) is 43.0 Å². The number of hydrogen-bond acceptors (Lipinski definition) is 4. The maximum Gasteiger partial charge on any atom is 0.243 e. The molecule has 1 N–H and O–H groups in total. The number of anilines is 1. The molecule has 0 spiro atoms. The van der Waals surface area contributed by atoms with Crippen molar-refractivity contribution in [1.82, 2.24) is 4.31 Å². The van der Waals surface area contributed by atoms with Gasteiger partial charge in [0, 0.05) is 11.1 Å². The minimum atomic E-state index is -4.02. The summed E-state index contributed by atoms with van der Waals surface area (Å²) in [5, 5.41) is 3.15. The van der Waals surface area contributed by atoms with Crippen LogP contribution in [0.1, 0.15) is 32.1 Å². The molecule has 0 unspecified atom stereocenters. The van der Waals surface area contributed by atoms with Gasteiger partial charge in [0.2, 0.25) is 15.9 Å². The third-order valence-electron chi connectivity index (χ3n) is 5.89. The molecule has 1 aliphatic rings. The number of rotatable bonds is 8. The van der Waals surface area contributed by atoms with Crippen molar-refractivity contribution in [1.29, 1.82) is 0 Å². The molecule has 0 atom stereocenters. The zero-order chi connectivity index (χ0) is 24.8. The summed E-state index contributed by atoms with van der Waals surface area (Å²) in [7, 11) is -4.02. The number of halogens is 2. The fourth-order valence-corrected chi connectivity index (χ4v) is 5.97. The van der Waals surface area contributed by atoms with Crippen LogP contribution in [-0.2, 0) is 14.8 Å². The Kier molecular flexibility index (Phi) is 8.05. The van der Waals surface area contributed by atoms with Gasteiger partial charge >= 0.3 is 0 Å². The van der Waals surface area contributed by atoms with Crippen molar-refractivity contribution in [3.8, 4) is 11.5 Å². The molecule has 6 nitrogen and oxygen atoms in total. The van der Waals surface area contributed by atoms with Crippen molar-refractivity contribution < 1.29 is 22.3 Å². The molecular formula is C26H26ClFN2O4S. The van der Waals surface area contributed by atoms with E-state index in [1.54, 1.807) is 30.3 Å². The highest BCUT2D eigenvalue weighted by Crippen LogP contribution is 2.33. The van der Waals surface area contributed by atoms with E-state index in [4.69, 9.17) is 16.3 Å². The van der Waals surface area contributed by atoms with Crippen LogP contribution in [0.5, 0.6) is 11.5 Å². The zero-order valence-electron chi connectivity index (χ0n) is 19.0. The van der Waals surface area contributed by atoms with Crippen LogP contribution < -0.4 is 10.1 Å². The van der Waals surface area contributed by atoms with Crippen LogP contribution in [0.15, 0.2) is 77.7 Å². The summed E-state index contributed by atoms with van der Waals surface area (Å²) < 4.78 is 47.5. The molecule has 0 aliphatic heterocycles. The van der Waals surface area contributed by atoms with Gasteiger partial charge in [-0.05, 0) is 67.4 Å². The van der Waals surface area contributed by atoms with Crippen molar-refractivity contribution >= 4 is 33.2 Å². The predicted molar refractivity (Wildman–Crippen MR) is 134 cm³/mol. The maximum absolute atomic E-state index is 13.5. The molecule has 0 bridgehead atoms. The molecule has 1 amide bonds. The van der Waals surface area contributed by atoms with E-state index in [1.807, 2.05) is 18.2 Å². The number of sulfonamides is 1. The molecule has 0 saturated heterocycles. The Morgan fingerprint density at radius 1 is 1.00 bits per heavy atom. The molecule has 3 aromatic rings. The highest BCUT2D eigenvalue weighted by Gasteiger charge is 2.34. The van der Waals surface area contributed by atoms with E-state index in [1.165, 1.54) is 16.4 Å².